The Bertz CT molecular complexity index is 470. The van der Waals surface area contributed by atoms with Crippen molar-refractivity contribution in [1.29, 1.82) is 0 Å². The Morgan fingerprint density at radius 2 is 1.83 bits per heavy atom. The summed E-state index contributed by atoms with van der Waals surface area (Å²) < 4.78 is 0. The molecule has 1 aromatic carbocycles. The summed E-state index contributed by atoms with van der Waals surface area (Å²) in [5.41, 5.74) is 2.88. The lowest BCUT2D eigenvalue weighted by Crippen LogP contribution is -2.36. The van der Waals surface area contributed by atoms with Crippen LogP contribution < -0.4 is 0 Å². The highest BCUT2D eigenvalue weighted by atomic mass is 16.3. The fourth-order valence-corrected chi connectivity index (χ4v) is 3.32. The molecule has 2 nitrogen and oxygen atoms in total. The van der Waals surface area contributed by atoms with E-state index in [1.165, 1.54) is 24.0 Å². The first-order valence-corrected chi connectivity index (χ1v) is 7.04. The van der Waals surface area contributed by atoms with Crippen LogP contribution >= 0.6 is 0 Å². The zero-order valence-electron chi connectivity index (χ0n) is 10.7. The van der Waals surface area contributed by atoms with E-state index in [4.69, 9.17) is 0 Å². The number of hydrogen-bond acceptors (Lipinski definition) is 2. The molecule has 1 aromatic rings. The van der Waals surface area contributed by atoms with Crippen molar-refractivity contribution in [1.82, 2.24) is 0 Å². The summed E-state index contributed by atoms with van der Waals surface area (Å²) >= 11 is 0. The van der Waals surface area contributed by atoms with Gasteiger partial charge in [0.2, 0.25) is 0 Å². The van der Waals surface area contributed by atoms with Crippen molar-refractivity contribution in [2.75, 3.05) is 0 Å². The lowest BCUT2D eigenvalue weighted by atomic mass is 9.91. The molecule has 0 heterocycles. The molecule has 1 N–H and O–H groups in total. The monoisotopic (exact) mass is 244 g/mol. The standard InChI is InChI=1S/C16H20O2/c17-15(16(18)8-1-2-9-16)11-12-6-7-13-4-3-5-14(13)10-12/h6-7,10,18H,1-5,8-9,11H2. The van der Waals surface area contributed by atoms with Crippen molar-refractivity contribution in [2.45, 2.75) is 57.0 Å². The fourth-order valence-electron chi connectivity index (χ4n) is 3.32. The molecule has 0 atom stereocenters. The van der Waals surface area contributed by atoms with Gasteiger partial charge >= 0.3 is 0 Å². The Morgan fingerprint density at radius 1 is 1.11 bits per heavy atom. The van der Waals surface area contributed by atoms with Crippen molar-refractivity contribution in [2.24, 2.45) is 0 Å². The molecule has 96 valence electrons. The van der Waals surface area contributed by atoms with Crippen LogP contribution in [0, 0.1) is 0 Å². The van der Waals surface area contributed by atoms with Gasteiger partial charge < -0.3 is 5.11 Å². The van der Waals surface area contributed by atoms with E-state index < -0.39 is 5.60 Å². The molecule has 0 bridgehead atoms. The predicted molar refractivity (Wildman–Crippen MR) is 70.6 cm³/mol. The zero-order chi connectivity index (χ0) is 12.6. The molecular weight excluding hydrogens is 224 g/mol. The fraction of sp³-hybridized carbons (Fsp3) is 0.562. The first-order valence-electron chi connectivity index (χ1n) is 7.04. The van der Waals surface area contributed by atoms with Crippen LogP contribution in [0.15, 0.2) is 18.2 Å². The number of carbonyl (C=O) groups is 1. The van der Waals surface area contributed by atoms with Gasteiger partial charge in [-0.1, -0.05) is 18.2 Å². The minimum absolute atomic E-state index is 0.0120. The second-order valence-electron chi connectivity index (χ2n) is 5.80. The van der Waals surface area contributed by atoms with Gasteiger partial charge in [0.1, 0.15) is 5.60 Å². The molecular formula is C16H20O2. The van der Waals surface area contributed by atoms with Crippen LogP contribution in [0.4, 0.5) is 0 Å². The van der Waals surface area contributed by atoms with Crippen LogP contribution in [0.1, 0.15) is 48.8 Å². The summed E-state index contributed by atoms with van der Waals surface area (Å²) in [6, 6.07) is 6.38. The van der Waals surface area contributed by atoms with Crippen LogP contribution in [0.3, 0.4) is 0 Å². The minimum atomic E-state index is -1.03. The summed E-state index contributed by atoms with van der Waals surface area (Å²) in [5.74, 6) is 0.0120. The highest BCUT2D eigenvalue weighted by Crippen LogP contribution is 2.31. The van der Waals surface area contributed by atoms with Crippen molar-refractivity contribution < 1.29 is 9.90 Å². The molecule has 0 aromatic heterocycles. The van der Waals surface area contributed by atoms with Gasteiger partial charge in [0.05, 0.1) is 0 Å². The highest BCUT2D eigenvalue weighted by Gasteiger charge is 2.38. The summed E-state index contributed by atoms with van der Waals surface area (Å²) in [6.45, 7) is 0. The average Bonchev–Trinajstić information content (AvgIpc) is 2.98. The molecule has 2 aliphatic rings. The molecule has 1 fully saturated rings. The highest BCUT2D eigenvalue weighted by molar-refractivity contribution is 5.89. The van der Waals surface area contributed by atoms with Gasteiger partial charge in [0, 0.05) is 6.42 Å². The molecule has 18 heavy (non-hydrogen) atoms. The third kappa shape index (κ3) is 2.10. The molecule has 3 rings (SSSR count). The van der Waals surface area contributed by atoms with E-state index in [0.717, 1.165) is 24.8 Å². The van der Waals surface area contributed by atoms with Crippen molar-refractivity contribution in [3.63, 3.8) is 0 Å². The number of aliphatic hydroxyl groups is 1. The maximum absolute atomic E-state index is 12.2. The van der Waals surface area contributed by atoms with Crippen LogP contribution in [0.25, 0.3) is 0 Å². The van der Waals surface area contributed by atoms with Gasteiger partial charge in [0.15, 0.2) is 5.78 Å². The topological polar surface area (TPSA) is 37.3 Å². The lowest BCUT2D eigenvalue weighted by Gasteiger charge is -2.20. The maximum Gasteiger partial charge on any atom is 0.168 e. The Morgan fingerprint density at radius 3 is 2.61 bits per heavy atom. The first-order chi connectivity index (χ1) is 8.67. The van der Waals surface area contributed by atoms with Crippen LogP contribution in [-0.4, -0.2) is 16.5 Å². The van der Waals surface area contributed by atoms with Gasteiger partial charge in [-0.25, -0.2) is 0 Å². The van der Waals surface area contributed by atoms with E-state index >= 15 is 0 Å². The normalized spacial score (nSPS) is 20.9. The zero-order valence-corrected chi connectivity index (χ0v) is 10.7. The Labute approximate surface area is 108 Å². The number of carbonyl (C=O) groups excluding carboxylic acids is 1. The Hall–Kier alpha value is -1.15. The molecule has 0 unspecified atom stereocenters. The SMILES string of the molecule is O=C(Cc1ccc2c(c1)CCC2)C1(O)CCCC1. The largest absolute Gasteiger partial charge is 0.382 e. The van der Waals surface area contributed by atoms with E-state index in [-0.39, 0.29) is 5.78 Å². The van der Waals surface area contributed by atoms with Gasteiger partial charge in [-0.15, -0.1) is 0 Å². The summed E-state index contributed by atoms with van der Waals surface area (Å²) in [6.07, 6.45) is 7.20. The number of benzene rings is 1. The summed E-state index contributed by atoms with van der Waals surface area (Å²) in [4.78, 5) is 12.2. The molecule has 2 aliphatic carbocycles. The van der Waals surface area contributed by atoms with Crippen LogP contribution in [0.5, 0.6) is 0 Å². The molecule has 0 aliphatic heterocycles. The van der Waals surface area contributed by atoms with E-state index in [1.807, 2.05) is 0 Å². The van der Waals surface area contributed by atoms with Gasteiger partial charge in [0.25, 0.3) is 0 Å². The van der Waals surface area contributed by atoms with Gasteiger partial charge in [-0.2, -0.15) is 0 Å². The first kappa shape index (κ1) is 11.9. The third-order valence-electron chi connectivity index (χ3n) is 4.48. The van der Waals surface area contributed by atoms with E-state index in [9.17, 15) is 9.90 Å². The smallest absolute Gasteiger partial charge is 0.168 e. The number of ketones is 1. The number of rotatable bonds is 3. The van der Waals surface area contributed by atoms with Crippen molar-refractivity contribution >= 4 is 5.78 Å². The number of Topliss-reactive ketones (excluding diaryl/α,β-unsaturated/α-hetero) is 1. The van der Waals surface area contributed by atoms with Crippen LogP contribution in [0.2, 0.25) is 0 Å². The molecule has 1 saturated carbocycles. The Kier molecular flexibility index (Phi) is 2.98. The number of aryl methyl sites for hydroxylation is 2. The van der Waals surface area contributed by atoms with E-state index in [0.29, 0.717) is 19.3 Å². The Balaban J connectivity index is 1.74. The third-order valence-corrected chi connectivity index (χ3v) is 4.48. The molecule has 0 radical (unpaired) electrons. The molecule has 2 heteroatoms. The van der Waals surface area contributed by atoms with Crippen molar-refractivity contribution in [3.05, 3.63) is 34.9 Å². The van der Waals surface area contributed by atoms with E-state index in [2.05, 4.69) is 18.2 Å². The molecule has 0 amide bonds. The number of hydrogen-bond donors (Lipinski definition) is 1. The summed E-state index contributed by atoms with van der Waals surface area (Å²) in [5, 5.41) is 10.3. The van der Waals surface area contributed by atoms with E-state index in [1.54, 1.807) is 0 Å². The summed E-state index contributed by atoms with van der Waals surface area (Å²) in [7, 11) is 0. The second-order valence-corrected chi connectivity index (χ2v) is 5.80. The van der Waals surface area contributed by atoms with Crippen molar-refractivity contribution in [3.8, 4) is 0 Å². The molecule has 0 saturated heterocycles. The predicted octanol–water partition coefficient (Wildman–Crippen LogP) is 2.59. The second kappa shape index (κ2) is 4.51. The lowest BCUT2D eigenvalue weighted by molar-refractivity contribution is -0.136. The maximum atomic E-state index is 12.2. The minimum Gasteiger partial charge on any atom is -0.382 e. The number of fused-ring (bicyclic) bond motifs is 1. The molecule has 0 spiro atoms. The van der Waals surface area contributed by atoms with Gasteiger partial charge in [-0.05, 0) is 61.6 Å². The average molecular weight is 244 g/mol. The van der Waals surface area contributed by atoms with Crippen LogP contribution in [-0.2, 0) is 24.1 Å². The quantitative estimate of drug-likeness (QED) is 0.887. The van der Waals surface area contributed by atoms with Gasteiger partial charge in [-0.3, -0.25) is 4.79 Å².